The van der Waals surface area contributed by atoms with Crippen LogP contribution in [-0.2, 0) is 14.8 Å². The standard InChI is InChI=1S/C16H20BrN3O3S2/c1-2-12(17)15(21)19-16-18-13-7-6-11(10-14(13)24-16)25(22,23)20-8-4-3-5-9-20/h6-7,10,12H,2-5,8-9H2,1H3,(H,18,19,21). The van der Waals surface area contributed by atoms with Gasteiger partial charge in [-0.25, -0.2) is 13.4 Å². The first-order valence-corrected chi connectivity index (χ1v) is 11.4. The summed E-state index contributed by atoms with van der Waals surface area (Å²) in [5.74, 6) is -0.150. The van der Waals surface area contributed by atoms with Gasteiger partial charge in [0.2, 0.25) is 15.9 Å². The number of piperidine rings is 1. The van der Waals surface area contributed by atoms with E-state index in [0.717, 1.165) is 24.0 Å². The number of fused-ring (bicyclic) bond motifs is 1. The fraction of sp³-hybridized carbons (Fsp3) is 0.500. The minimum Gasteiger partial charge on any atom is -0.301 e. The van der Waals surface area contributed by atoms with Crippen molar-refractivity contribution in [3.05, 3.63) is 18.2 Å². The molecule has 1 unspecified atom stereocenters. The predicted octanol–water partition coefficient (Wildman–Crippen LogP) is 3.58. The lowest BCUT2D eigenvalue weighted by Crippen LogP contribution is -2.35. The first kappa shape index (κ1) is 18.8. The van der Waals surface area contributed by atoms with E-state index in [2.05, 4.69) is 26.2 Å². The molecule has 2 heterocycles. The minimum absolute atomic E-state index is 0.150. The molecule has 1 fully saturated rings. The average Bonchev–Trinajstić information content (AvgIpc) is 3.02. The lowest BCUT2D eigenvalue weighted by Gasteiger charge is -2.25. The van der Waals surface area contributed by atoms with Gasteiger partial charge < -0.3 is 5.32 Å². The Morgan fingerprint density at radius 2 is 2.08 bits per heavy atom. The second-order valence-electron chi connectivity index (χ2n) is 5.98. The number of benzene rings is 1. The van der Waals surface area contributed by atoms with Crippen molar-refractivity contribution >= 4 is 58.5 Å². The summed E-state index contributed by atoms with van der Waals surface area (Å²) in [6.07, 6.45) is 3.57. The van der Waals surface area contributed by atoms with E-state index < -0.39 is 10.0 Å². The van der Waals surface area contributed by atoms with Gasteiger partial charge in [-0.05, 0) is 37.5 Å². The Bertz CT molecular complexity index is 876. The van der Waals surface area contributed by atoms with Crippen molar-refractivity contribution in [2.45, 2.75) is 42.3 Å². The summed E-state index contributed by atoms with van der Waals surface area (Å²) in [4.78, 5) is 16.3. The number of carbonyl (C=O) groups is 1. The Balaban J connectivity index is 1.86. The van der Waals surface area contributed by atoms with E-state index in [4.69, 9.17) is 0 Å². The molecule has 2 aromatic rings. The molecular formula is C16H20BrN3O3S2. The number of hydrogen-bond donors (Lipinski definition) is 1. The van der Waals surface area contributed by atoms with Gasteiger partial charge in [-0.15, -0.1) is 0 Å². The average molecular weight is 446 g/mol. The highest BCUT2D eigenvalue weighted by atomic mass is 79.9. The molecule has 0 spiro atoms. The monoisotopic (exact) mass is 445 g/mol. The Kier molecular flexibility index (Phi) is 5.77. The van der Waals surface area contributed by atoms with Crippen LogP contribution in [0.4, 0.5) is 5.13 Å². The smallest absolute Gasteiger partial charge is 0.243 e. The molecule has 1 amide bonds. The molecule has 1 aromatic heterocycles. The van der Waals surface area contributed by atoms with Crippen LogP contribution in [0.15, 0.2) is 23.1 Å². The lowest BCUT2D eigenvalue weighted by atomic mass is 10.2. The van der Waals surface area contributed by atoms with Crippen LogP contribution >= 0.6 is 27.3 Å². The number of aromatic nitrogens is 1. The van der Waals surface area contributed by atoms with Crippen LogP contribution in [0.2, 0.25) is 0 Å². The van der Waals surface area contributed by atoms with Crippen LogP contribution in [0, 0.1) is 0 Å². The van der Waals surface area contributed by atoms with Gasteiger partial charge in [0.15, 0.2) is 5.13 Å². The fourth-order valence-corrected chi connectivity index (χ4v) is 5.38. The Hall–Kier alpha value is -1.03. The Labute approximate surface area is 159 Å². The third-order valence-electron chi connectivity index (χ3n) is 4.19. The molecular weight excluding hydrogens is 426 g/mol. The molecule has 0 aliphatic carbocycles. The van der Waals surface area contributed by atoms with Gasteiger partial charge in [0.1, 0.15) is 0 Å². The molecule has 0 saturated carbocycles. The number of alkyl halides is 1. The largest absolute Gasteiger partial charge is 0.301 e. The topological polar surface area (TPSA) is 79.4 Å². The summed E-state index contributed by atoms with van der Waals surface area (Å²) in [7, 11) is -3.47. The highest BCUT2D eigenvalue weighted by molar-refractivity contribution is 9.10. The third kappa shape index (κ3) is 4.05. The number of amides is 1. The first-order valence-electron chi connectivity index (χ1n) is 8.27. The van der Waals surface area contributed by atoms with Gasteiger partial charge in [-0.3, -0.25) is 4.79 Å². The maximum absolute atomic E-state index is 12.8. The van der Waals surface area contributed by atoms with Crippen molar-refractivity contribution in [2.75, 3.05) is 18.4 Å². The molecule has 1 aliphatic heterocycles. The maximum atomic E-state index is 12.8. The molecule has 1 aromatic carbocycles. The number of halogens is 1. The summed E-state index contributed by atoms with van der Waals surface area (Å²) in [5, 5.41) is 3.24. The zero-order valence-corrected chi connectivity index (χ0v) is 17.1. The summed E-state index contributed by atoms with van der Waals surface area (Å²) >= 11 is 4.59. The molecule has 136 valence electrons. The molecule has 6 nitrogen and oxygen atoms in total. The van der Waals surface area contributed by atoms with Gasteiger partial charge in [-0.1, -0.05) is 40.6 Å². The number of anilines is 1. The second-order valence-corrected chi connectivity index (χ2v) is 10.1. The van der Waals surface area contributed by atoms with Crippen molar-refractivity contribution in [1.82, 2.24) is 9.29 Å². The van der Waals surface area contributed by atoms with E-state index in [1.54, 1.807) is 22.5 Å². The Morgan fingerprint density at radius 3 is 2.76 bits per heavy atom. The van der Waals surface area contributed by atoms with E-state index in [0.29, 0.717) is 30.2 Å². The molecule has 0 radical (unpaired) electrons. The van der Waals surface area contributed by atoms with Gasteiger partial charge >= 0.3 is 0 Å². The summed E-state index contributed by atoms with van der Waals surface area (Å²) in [6.45, 7) is 3.07. The quantitative estimate of drug-likeness (QED) is 0.713. The SMILES string of the molecule is CCC(Br)C(=O)Nc1nc2ccc(S(=O)(=O)N3CCCCC3)cc2s1. The Morgan fingerprint density at radius 1 is 1.36 bits per heavy atom. The molecule has 0 bridgehead atoms. The summed E-state index contributed by atoms with van der Waals surface area (Å²) < 4.78 is 27.9. The summed E-state index contributed by atoms with van der Waals surface area (Å²) in [6, 6.07) is 4.94. The van der Waals surface area contributed by atoms with Crippen LogP contribution in [-0.4, -0.2) is 41.5 Å². The third-order valence-corrected chi connectivity index (χ3v) is 8.08. The van der Waals surface area contributed by atoms with E-state index >= 15 is 0 Å². The van der Waals surface area contributed by atoms with Crippen molar-refractivity contribution in [3.63, 3.8) is 0 Å². The van der Waals surface area contributed by atoms with Gasteiger partial charge in [0.05, 0.1) is 19.9 Å². The number of rotatable bonds is 5. The van der Waals surface area contributed by atoms with E-state index in [-0.39, 0.29) is 15.6 Å². The number of hydrogen-bond acceptors (Lipinski definition) is 5. The molecule has 9 heteroatoms. The fourth-order valence-electron chi connectivity index (χ4n) is 2.74. The number of carbonyl (C=O) groups excluding carboxylic acids is 1. The van der Waals surface area contributed by atoms with Crippen molar-refractivity contribution in [1.29, 1.82) is 0 Å². The van der Waals surface area contributed by atoms with E-state index in [1.807, 2.05) is 6.92 Å². The normalized spacial score (nSPS) is 17.5. The van der Waals surface area contributed by atoms with E-state index in [1.165, 1.54) is 11.3 Å². The zero-order chi connectivity index (χ0) is 18.0. The maximum Gasteiger partial charge on any atom is 0.243 e. The highest BCUT2D eigenvalue weighted by Gasteiger charge is 2.26. The van der Waals surface area contributed by atoms with Crippen LogP contribution < -0.4 is 5.32 Å². The molecule has 25 heavy (non-hydrogen) atoms. The van der Waals surface area contributed by atoms with Crippen LogP contribution in [0.25, 0.3) is 10.2 Å². The van der Waals surface area contributed by atoms with Crippen LogP contribution in [0.5, 0.6) is 0 Å². The van der Waals surface area contributed by atoms with Crippen molar-refractivity contribution in [2.24, 2.45) is 0 Å². The summed E-state index contributed by atoms with van der Waals surface area (Å²) in [5.41, 5.74) is 0.681. The predicted molar refractivity (Wildman–Crippen MR) is 104 cm³/mol. The number of nitrogens with zero attached hydrogens (tertiary/aromatic N) is 2. The van der Waals surface area contributed by atoms with E-state index in [9.17, 15) is 13.2 Å². The highest BCUT2D eigenvalue weighted by Crippen LogP contribution is 2.30. The molecule has 1 N–H and O–H groups in total. The van der Waals surface area contributed by atoms with Gasteiger partial charge in [0.25, 0.3) is 0 Å². The van der Waals surface area contributed by atoms with Crippen LogP contribution in [0.3, 0.4) is 0 Å². The second kappa shape index (κ2) is 7.69. The molecule has 1 saturated heterocycles. The lowest BCUT2D eigenvalue weighted by molar-refractivity contribution is -0.115. The van der Waals surface area contributed by atoms with Crippen LogP contribution in [0.1, 0.15) is 32.6 Å². The minimum atomic E-state index is -3.47. The van der Waals surface area contributed by atoms with Crippen molar-refractivity contribution < 1.29 is 13.2 Å². The number of sulfonamides is 1. The number of thiazole rings is 1. The molecule has 1 aliphatic rings. The first-order chi connectivity index (χ1) is 11.9. The molecule has 3 rings (SSSR count). The zero-order valence-electron chi connectivity index (χ0n) is 13.9. The number of nitrogens with one attached hydrogen (secondary N) is 1. The molecule has 1 atom stereocenters. The van der Waals surface area contributed by atoms with Gasteiger partial charge in [-0.2, -0.15) is 4.31 Å². The van der Waals surface area contributed by atoms with Crippen molar-refractivity contribution in [3.8, 4) is 0 Å². The van der Waals surface area contributed by atoms with Gasteiger partial charge in [0, 0.05) is 13.1 Å².